The molecule has 3 aromatic heterocycles. The van der Waals surface area contributed by atoms with Crippen LogP contribution in [0.1, 0.15) is 41.6 Å². The van der Waals surface area contributed by atoms with Crippen molar-refractivity contribution in [2.75, 3.05) is 5.32 Å². The number of anilines is 1. The minimum Gasteiger partial charge on any atom is -0.362 e. The Morgan fingerprint density at radius 3 is 3.05 bits per heavy atom. The van der Waals surface area contributed by atoms with Crippen molar-refractivity contribution in [3.8, 4) is 0 Å². The van der Waals surface area contributed by atoms with Crippen molar-refractivity contribution in [3.05, 3.63) is 39.8 Å². The highest BCUT2D eigenvalue weighted by Gasteiger charge is 2.22. The van der Waals surface area contributed by atoms with Gasteiger partial charge in [-0.3, -0.25) is 0 Å². The molecule has 0 aliphatic heterocycles. The van der Waals surface area contributed by atoms with Gasteiger partial charge in [-0.05, 0) is 48.4 Å². The summed E-state index contributed by atoms with van der Waals surface area (Å²) in [5.41, 5.74) is 1.61. The summed E-state index contributed by atoms with van der Waals surface area (Å²) in [6, 6.07) is 5.69. The lowest BCUT2D eigenvalue weighted by Crippen LogP contribution is -2.17. The topological polar surface area (TPSA) is 55.1 Å². The second kappa shape index (κ2) is 5.28. The summed E-state index contributed by atoms with van der Waals surface area (Å²) < 4.78 is 26.9. The first kappa shape index (κ1) is 13.6. The van der Waals surface area contributed by atoms with E-state index >= 15 is 0 Å². The fourth-order valence-corrected chi connectivity index (χ4v) is 3.82. The lowest BCUT2D eigenvalue weighted by Gasteiger charge is -2.24. The van der Waals surface area contributed by atoms with E-state index in [0.717, 1.165) is 23.8 Å². The molecule has 1 unspecified atom stereocenters. The Morgan fingerprint density at radius 1 is 1.27 bits per heavy atom. The number of nitrogens with one attached hydrogen (secondary N) is 1. The third-order valence-electron chi connectivity index (χ3n) is 3.86. The molecule has 0 saturated carbocycles. The van der Waals surface area contributed by atoms with Crippen LogP contribution in [0.5, 0.6) is 0 Å². The molecule has 3 aromatic rings. The summed E-state index contributed by atoms with van der Waals surface area (Å²) in [6.45, 7) is 0. The monoisotopic (exact) mass is 321 g/mol. The minimum atomic E-state index is -2.70. The number of alkyl halides is 2. The normalized spacial score (nSPS) is 17.9. The molecule has 1 atom stereocenters. The first-order chi connectivity index (χ1) is 10.7. The van der Waals surface area contributed by atoms with E-state index < -0.39 is 12.2 Å². The molecule has 4 rings (SSSR count). The summed E-state index contributed by atoms with van der Waals surface area (Å²) in [4.78, 5) is 1.39. The minimum absolute atomic E-state index is 0.173. The van der Waals surface area contributed by atoms with Crippen LogP contribution in [-0.4, -0.2) is 19.8 Å². The second-order valence-electron chi connectivity index (χ2n) is 5.24. The molecule has 0 radical (unpaired) electrons. The van der Waals surface area contributed by atoms with Gasteiger partial charge >= 0.3 is 0 Å². The number of hydrogen-bond acceptors (Lipinski definition) is 5. The molecule has 0 saturated heterocycles. The van der Waals surface area contributed by atoms with Gasteiger partial charge in [0.2, 0.25) is 5.82 Å². The summed E-state index contributed by atoms with van der Waals surface area (Å²) in [5, 5.41) is 16.8. The van der Waals surface area contributed by atoms with Crippen LogP contribution in [0, 0.1) is 0 Å². The van der Waals surface area contributed by atoms with E-state index in [9.17, 15) is 8.78 Å². The third kappa shape index (κ3) is 2.23. The fraction of sp³-hybridized carbons (Fsp3) is 0.357. The van der Waals surface area contributed by atoms with Gasteiger partial charge in [0, 0.05) is 4.88 Å². The van der Waals surface area contributed by atoms with Gasteiger partial charge in [-0.25, -0.2) is 8.78 Å². The average molecular weight is 321 g/mol. The van der Waals surface area contributed by atoms with Crippen molar-refractivity contribution in [2.45, 2.75) is 31.7 Å². The van der Waals surface area contributed by atoms with Gasteiger partial charge < -0.3 is 5.32 Å². The highest BCUT2D eigenvalue weighted by Crippen LogP contribution is 2.35. The molecule has 1 N–H and O–H groups in total. The maximum absolute atomic E-state index is 12.9. The number of hydrogen-bond donors (Lipinski definition) is 1. The number of fused-ring (bicyclic) bond motifs is 2. The molecule has 22 heavy (non-hydrogen) atoms. The SMILES string of the molecule is FC(F)c1nnc2ccc(NC3CCCc4sccc43)nn12. The standard InChI is InChI=1S/C14H13F2N5S/c15-13(16)14-19-18-12-5-4-11(20-21(12)14)17-9-2-1-3-10-8(9)6-7-22-10/h4-7,9,13H,1-3H2,(H,17,20). The molecular formula is C14H13F2N5S. The zero-order chi connectivity index (χ0) is 15.1. The van der Waals surface area contributed by atoms with Crippen LogP contribution < -0.4 is 5.32 Å². The second-order valence-corrected chi connectivity index (χ2v) is 6.24. The summed E-state index contributed by atoms with van der Waals surface area (Å²) in [6.07, 6.45) is 0.532. The van der Waals surface area contributed by atoms with Gasteiger partial charge in [0.1, 0.15) is 5.82 Å². The molecule has 114 valence electrons. The Morgan fingerprint density at radius 2 is 2.18 bits per heavy atom. The number of thiophene rings is 1. The zero-order valence-electron chi connectivity index (χ0n) is 11.5. The Hall–Kier alpha value is -2.09. The molecule has 8 heteroatoms. The zero-order valence-corrected chi connectivity index (χ0v) is 12.4. The van der Waals surface area contributed by atoms with Gasteiger partial charge in [-0.1, -0.05) is 0 Å². The average Bonchev–Trinajstić information content (AvgIpc) is 3.13. The molecule has 1 aliphatic carbocycles. The van der Waals surface area contributed by atoms with Crippen molar-refractivity contribution >= 4 is 22.8 Å². The van der Waals surface area contributed by atoms with E-state index in [2.05, 4.69) is 32.1 Å². The summed E-state index contributed by atoms with van der Waals surface area (Å²) >= 11 is 1.77. The van der Waals surface area contributed by atoms with Gasteiger partial charge in [-0.15, -0.1) is 26.6 Å². The quantitative estimate of drug-likeness (QED) is 0.800. The van der Waals surface area contributed by atoms with Crippen molar-refractivity contribution in [2.24, 2.45) is 0 Å². The summed E-state index contributed by atoms with van der Waals surface area (Å²) in [5.74, 6) is 0.122. The van der Waals surface area contributed by atoms with E-state index in [-0.39, 0.29) is 6.04 Å². The van der Waals surface area contributed by atoms with Crippen molar-refractivity contribution in [1.29, 1.82) is 0 Å². The first-order valence-electron chi connectivity index (χ1n) is 7.05. The Bertz CT molecular complexity index is 813. The molecule has 3 heterocycles. The molecule has 0 amide bonds. The van der Waals surface area contributed by atoms with Crippen LogP contribution in [0.15, 0.2) is 23.6 Å². The maximum Gasteiger partial charge on any atom is 0.299 e. The lowest BCUT2D eigenvalue weighted by atomic mass is 9.94. The van der Waals surface area contributed by atoms with Gasteiger partial charge in [0.15, 0.2) is 5.65 Å². The van der Waals surface area contributed by atoms with Crippen molar-refractivity contribution < 1.29 is 8.78 Å². The van der Waals surface area contributed by atoms with Gasteiger partial charge in [0.25, 0.3) is 6.43 Å². The van der Waals surface area contributed by atoms with E-state index in [1.165, 1.54) is 10.4 Å². The largest absolute Gasteiger partial charge is 0.362 e. The molecule has 5 nitrogen and oxygen atoms in total. The van der Waals surface area contributed by atoms with Gasteiger partial charge in [-0.2, -0.15) is 4.52 Å². The number of rotatable bonds is 3. The van der Waals surface area contributed by atoms with Crippen LogP contribution >= 0.6 is 11.3 Å². The molecule has 0 fully saturated rings. The predicted octanol–water partition coefficient (Wildman–Crippen LogP) is 3.61. The van der Waals surface area contributed by atoms with E-state index in [1.54, 1.807) is 23.5 Å². The number of aryl methyl sites for hydroxylation is 1. The van der Waals surface area contributed by atoms with Crippen molar-refractivity contribution in [3.63, 3.8) is 0 Å². The van der Waals surface area contributed by atoms with E-state index in [4.69, 9.17) is 0 Å². The molecule has 0 spiro atoms. The number of halogens is 2. The third-order valence-corrected chi connectivity index (χ3v) is 4.85. The number of nitrogens with zero attached hydrogens (tertiary/aromatic N) is 4. The Labute approximate surface area is 129 Å². The van der Waals surface area contributed by atoms with E-state index in [0.29, 0.717) is 11.5 Å². The molecular weight excluding hydrogens is 308 g/mol. The Balaban J connectivity index is 1.67. The van der Waals surface area contributed by atoms with Crippen LogP contribution in [0.3, 0.4) is 0 Å². The van der Waals surface area contributed by atoms with Gasteiger partial charge in [0.05, 0.1) is 6.04 Å². The highest BCUT2D eigenvalue weighted by atomic mass is 32.1. The van der Waals surface area contributed by atoms with Crippen LogP contribution in [0.2, 0.25) is 0 Å². The summed E-state index contributed by atoms with van der Waals surface area (Å²) in [7, 11) is 0. The smallest absolute Gasteiger partial charge is 0.299 e. The Kier molecular flexibility index (Phi) is 3.25. The molecule has 0 bridgehead atoms. The van der Waals surface area contributed by atoms with E-state index in [1.807, 2.05) is 0 Å². The fourth-order valence-electron chi connectivity index (χ4n) is 2.83. The first-order valence-corrected chi connectivity index (χ1v) is 7.93. The maximum atomic E-state index is 12.9. The van der Waals surface area contributed by atoms with Crippen molar-refractivity contribution in [1.82, 2.24) is 19.8 Å². The highest BCUT2D eigenvalue weighted by molar-refractivity contribution is 7.10. The number of aromatic nitrogens is 4. The van der Waals surface area contributed by atoms with Crippen LogP contribution in [-0.2, 0) is 6.42 Å². The van der Waals surface area contributed by atoms with Crippen LogP contribution in [0.4, 0.5) is 14.6 Å². The molecule has 0 aromatic carbocycles. The molecule has 1 aliphatic rings. The van der Waals surface area contributed by atoms with Crippen LogP contribution in [0.25, 0.3) is 5.65 Å². The predicted molar refractivity (Wildman–Crippen MR) is 79.4 cm³/mol. The lowest BCUT2D eigenvalue weighted by molar-refractivity contribution is 0.137.